The van der Waals surface area contributed by atoms with Gasteiger partial charge in [-0.15, -0.1) is 0 Å². The first kappa shape index (κ1) is 26.8. The van der Waals surface area contributed by atoms with Gasteiger partial charge in [-0.2, -0.15) is 0 Å². The molecule has 3 rings (SSSR count). The van der Waals surface area contributed by atoms with Gasteiger partial charge in [0, 0.05) is 24.0 Å². The molecule has 0 bridgehead atoms. The minimum Gasteiger partial charge on any atom is -0.497 e. The first-order valence-corrected chi connectivity index (χ1v) is 12.2. The number of anilines is 1. The number of nitrogens with one attached hydrogen (secondary N) is 1. The van der Waals surface area contributed by atoms with Crippen LogP contribution in [0.3, 0.4) is 0 Å². The van der Waals surface area contributed by atoms with Gasteiger partial charge in [-0.1, -0.05) is 23.9 Å². The van der Waals surface area contributed by atoms with E-state index in [0.717, 1.165) is 17.0 Å². The topological polar surface area (TPSA) is 103 Å². The summed E-state index contributed by atoms with van der Waals surface area (Å²) in [6.45, 7) is 3.88. The van der Waals surface area contributed by atoms with Gasteiger partial charge >= 0.3 is 0 Å². The zero-order chi connectivity index (χ0) is 26.1. The summed E-state index contributed by atoms with van der Waals surface area (Å²) in [5.74, 6) is 1.30. The highest BCUT2D eigenvalue weighted by molar-refractivity contribution is 7.99. The van der Waals surface area contributed by atoms with Gasteiger partial charge in [0.05, 0.1) is 32.8 Å². The molecule has 9 nitrogen and oxygen atoms in total. The highest BCUT2D eigenvalue weighted by Gasteiger charge is 2.20. The number of carbonyl (C=O) groups is 2. The summed E-state index contributed by atoms with van der Waals surface area (Å²) < 4.78 is 15.8. The van der Waals surface area contributed by atoms with Crippen molar-refractivity contribution in [3.05, 3.63) is 65.5 Å². The second-order valence-electron chi connectivity index (χ2n) is 7.93. The van der Waals surface area contributed by atoms with E-state index in [-0.39, 0.29) is 30.7 Å². The fraction of sp³-hybridized carbons (Fsp3) is 0.308. The van der Waals surface area contributed by atoms with Crippen LogP contribution in [0.25, 0.3) is 0 Å². The fourth-order valence-electron chi connectivity index (χ4n) is 3.42. The molecule has 0 atom stereocenters. The smallest absolute Gasteiger partial charge is 0.244 e. The molecule has 0 saturated heterocycles. The Morgan fingerprint density at radius 1 is 0.889 bits per heavy atom. The number of hydrogen-bond acceptors (Lipinski definition) is 8. The Morgan fingerprint density at radius 3 is 2.14 bits per heavy atom. The number of rotatable bonds is 11. The van der Waals surface area contributed by atoms with Crippen LogP contribution in [0.15, 0.2) is 53.7 Å². The van der Waals surface area contributed by atoms with Crippen LogP contribution in [0.1, 0.15) is 17.0 Å². The highest BCUT2D eigenvalue weighted by Crippen LogP contribution is 2.29. The number of aromatic nitrogens is 2. The molecule has 190 valence electrons. The quantitative estimate of drug-likeness (QED) is 0.306. The molecule has 0 spiro atoms. The summed E-state index contributed by atoms with van der Waals surface area (Å²) in [6.07, 6.45) is 0. The Balaban J connectivity index is 1.74. The predicted octanol–water partition coefficient (Wildman–Crippen LogP) is 3.88. The van der Waals surface area contributed by atoms with Crippen molar-refractivity contribution >= 4 is 29.3 Å². The van der Waals surface area contributed by atoms with Crippen LogP contribution < -0.4 is 19.5 Å². The van der Waals surface area contributed by atoms with E-state index in [0.29, 0.717) is 28.1 Å². The average molecular weight is 511 g/mol. The Hall–Kier alpha value is -3.79. The van der Waals surface area contributed by atoms with Gasteiger partial charge in [0.15, 0.2) is 5.16 Å². The van der Waals surface area contributed by atoms with Gasteiger partial charge in [0.1, 0.15) is 23.8 Å². The predicted molar refractivity (Wildman–Crippen MR) is 139 cm³/mol. The number of amides is 2. The molecule has 0 saturated carbocycles. The zero-order valence-electron chi connectivity index (χ0n) is 21.0. The Bertz CT molecular complexity index is 1180. The number of ether oxygens (including phenoxy) is 3. The van der Waals surface area contributed by atoms with Crippen molar-refractivity contribution in [1.29, 1.82) is 0 Å². The molecule has 0 radical (unpaired) electrons. The Kier molecular flexibility index (Phi) is 9.52. The minimum absolute atomic E-state index is 0.0954. The Labute approximate surface area is 215 Å². The van der Waals surface area contributed by atoms with Crippen LogP contribution in [0.2, 0.25) is 0 Å². The van der Waals surface area contributed by atoms with E-state index in [4.69, 9.17) is 14.2 Å². The van der Waals surface area contributed by atoms with Crippen molar-refractivity contribution in [2.45, 2.75) is 25.5 Å². The van der Waals surface area contributed by atoms with Crippen LogP contribution in [0.4, 0.5) is 5.69 Å². The number of carbonyl (C=O) groups excluding carboxylic acids is 2. The standard InChI is InChI=1S/C26H30N4O5S/c1-17-12-18(2)28-26(27-17)36-16-25(32)30(14-19-6-8-20(33-3)9-7-19)15-24(31)29-22-11-10-21(34-4)13-23(22)35-5/h6-13H,14-16H2,1-5H3,(H,29,31). The first-order chi connectivity index (χ1) is 17.3. The molecule has 0 aliphatic carbocycles. The lowest BCUT2D eigenvalue weighted by atomic mass is 10.2. The Morgan fingerprint density at radius 2 is 1.53 bits per heavy atom. The number of nitrogens with zero attached hydrogens (tertiary/aromatic N) is 3. The summed E-state index contributed by atoms with van der Waals surface area (Å²) in [4.78, 5) is 36.4. The molecule has 0 aliphatic rings. The van der Waals surface area contributed by atoms with E-state index in [2.05, 4.69) is 15.3 Å². The van der Waals surface area contributed by atoms with Crippen molar-refractivity contribution in [2.75, 3.05) is 38.9 Å². The lowest BCUT2D eigenvalue weighted by molar-refractivity contribution is -0.132. The van der Waals surface area contributed by atoms with Crippen LogP contribution in [0.5, 0.6) is 17.2 Å². The molecular formula is C26H30N4O5S. The van der Waals surface area contributed by atoms with E-state index < -0.39 is 0 Å². The maximum Gasteiger partial charge on any atom is 0.244 e. The van der Waals surface area contributed by atoms with E-state index in [1.54, 1.807) is 32.4 Å². The van der Waals surface area contributed by atoms with E-state index in [1.165, 1.54) is 23.8 Å². The fourth-order valence-corrected chi connectivity index (χ4v) is 4.28. The van der Waals surface area contributed by atoms with E-state index in [1.807, 2.05) is 44.2 Å². The van der Waals surface area contributed by atoms with Gasteiger partial charge in [0.25, 0.3) is 0 Å². The summed E-state index contributed by atoms with van der Waals surface area (Å²) in [6, 6.07) is 14.3. The molecule has 36 heavy (non-hydrogen) atoms. The molecule has 10 heteroatoms. The molecule has 0 unspecified atom stereocenters. The third kappa shape index (κ3) is 7.61. The molecular weight excluding hydrogens is 480 g/mol. The van der Waals surface area contributed by atoms with Gasteiger partial charge in [0.2, 0.25) is 11.8 Å². The maximum absolute atomic E-state index is 13.2. The van der Waals surface area contributed by atoms with Crippen LogP contribution >= 0.6 is 11.8 Å². The molecule has 0 fully saturated rings. The number of thioether (sulfide) groups is 1. The van der Waals surface area contributed by atoms with Crippen LogP contribution in [0, 0.1) is 13.8 Å². The van der Waals surface area contributed by atoms with E-state index in [9.17, 15) is 9.59 Å². The van der Waals surface area contributed by atoms with Gasteiger partial charge in [-0.25, -0.2) is 9.97 Å². The summed E-state index contributed by atoms with van der Waals surface area (Å²) in [7, 11) is 4.65. The average Bonchev–Trinajstić information content (AvgIpc) is 2.87. The van der Waals surface area contributed by atoms with Gasteiger partial charge < -0.3 is 24.4 Å². The molecule has 2 aromatic carbocycles. The van der Waals surface area contributed by atoms with Crippen LogP contribution in [-0.2, 0) is 16.1 Å². The largest absolute Gasteiger partial charge is 0.497 e. The third-order valence-corrected chi connectivity index (χ3v) is 6.02. The van der Waals surface area contributed by atoms with Crippen molar-refractivity contribution in [2.24, 2.45) is 0 Å². The second-order valence-corrected chi connectivity index (χ2v) is 8.88. The number of aryl methyl sites for hydroxylation is 2. The first-order valence-electron chi connectivity index (χ1n) is 11.2. The van der Waals surface area contributed by atoms with Crippen LogP contribution in [-0.4, -0.2) is 60.3 Å². The summed E-state index contributed by atoms with van der Waals surface area (Å²) >= 11 is 1.24. The SMILES string of the molecule is COc1ccc(CN(CC(=O)Nc2ccc(OC)cc2OC)C(=O)CSc2nc(C)cc(C)n2)cc1. The van der Waals surface area contributed by atoms with E-state index >= 15 is 0 Å². The molecule has 3 aromatic rings. The minimum atomic E-state index is -0.354. The van der Waals surface area contributed by atoms with Crippen molar-refractivity contribution < 1.29 is 23.8 Å². The summed E-state index contributed by atoms with van der Waals surface area (Å²) in [5, 5.41) is 3.35. The third-order valence-electron chi connectivity index (χ3n) is 5.19. The lowest BCUT2D eigenvalue weighted by Gasteiger charge is -2.23. The summed E-state index contributed by atoms with van der Waals surface area (Å²) in [5.41, 5.74) is 3.02. The molecule has 0 aliphatic heterocycles. The van der Waals surface area contributed by atoms with Gasteiger partial charge in [-0.3, -0.25) is 9.59 Å². The van der Waals surface area contributed by atoms with Crippen molar-refractivity contribution in [3.8, 4) is 17.2 Å². The monoisotopic (exact) mass is 510 g/mol. The normalized spacial score (nSPS) is 10.5. The molecule has 1 N–H and O–H groups in total. The maximum atomic E-state index is 13.2. The van der Waals surface area contributed by atoms with Crippen molar-refractivity contribution in [1.82, 2.24) is 14.9 Å². The van der Waals surface area contributed by atoms with Crippen molar-refractivity contribution in [3.63, 3.8) is 0 Å². The number of benzene rings is 2. The number of hydrogen-bond donors (Lipinski definition) is 1. The highest BCUT2D eigenvalue weighted by atomic mass is 32.2. The van der Waals surface area contributed by atoms with Gasteiger partial charge in [-0.05, 0) is 49.7 Å². The second kappa shape index (κ2) is 12.8. The zero-order valence-corrected chi connectivity index (χ0v) is 21.8. The molecule has 2 amide bonds. The molecule has 1 aromatic heterocycles. The molecule has 1 heterocycles. The number of methoxy groups -OCH3 is 3. The lowest BCUT2D eigenvalue weighted by Crippen LogP contribution is -2.38.